The molecule has 5 aliphatic carbocycles. The summed E-state index contributed by atoms with van der Waals surface area (Å²) in [6, 6.07) is 7.07. The summed E-state index contributed by atoms with van der Waals surface area (Å²) in [6.07, 6.45) is 12.3. The van der Waals surface area contributed by atoms with E-state index < -0.39 is 11.3 Å². The highest BCUT2D eigenvalue weighted by atomic mass is 16.6. The van der Waals surface area contributed by atoms with E-state index in [4.69, 9.17) is 14.7 Å². The number of hydroxylamine groups is 1. The molecule has 304 valence electrons. The Balaban J connectivity index is 1.05. The van der Waals surface area contributed by atoms with Gasteiger partial charge in [0.05, 0.1) is 11.5 Å². The lowest BCUT2D eigenvalue weighted by atomic mass is 9.33. The van der Waals surface area contributed by atoms with Gasteiger partial charge in [0.25, 0.3) is 0 Å². The number of ketones is 1. The molecule has 5 aliphatic rings. The summed E-state index contributed by atoms with van der Waals surface area (Å²) in [4.78, 5) is 51.8. The number of hydrogen-bond acceptors (Lipinski definition) is 8. The van der Waals surface area contributed by atoms with Crippen LogP contribution in [0.3, 0.4) is 0 Å². The van der Waals surface area contributed by atoms with Gasteiger partial charge in [-0.3, -0.25) is 24.4 Å². The van der Waals surface area contributed by atoms with Gasteiger partial charge >= 0.3 is 5.97 Å². The topological polar surface area (TPSA) is 151 Å². The fourth-order valence-electron chi connectivity index (χ4n) is 12.5. The minimum atomic E-state index is -0.662. The van der Waals surface area contributed by atoms with Crippen LogP contribution in [0.5, 0.6) is 5.75 Å². The summed E-state index contributed by atoms with van der Waals surface area (Å²) in [5, 5.41) is 22.5. The molecular formula is C45H66N2O8. The number of anilines is 1. The molecule has 1 aromatic rings. The van der Waals surface area contributed by atoms with Crippen molar-refractivity contribution in [3.63, 3.8) is 0 Å². The van der Waals surface area contributed by atoms with Crippen LogP contribution in [0.2, 0.25) is 0 Å². The SMILES string of the molecule is CC1(C)[C@@H](O)CC[C@]2(C)[C@H]3C(=O)C=C4[C@@H]5C[C@@](C)(C(=O)OCCOc6ccc(NC(=O)CCCCCC(=O)NO)cc6)CC[C@]5(C)CC[C@@]4(C)[C@]3(C)CC[C@@H]12. The molecule has 4 saturated carbocycles. The van der Waals surface area contributed by atoms with E-state index in [0.717, 1.165) is 51.4 Å². The van der Waals surface area contributed by atoms with Gasteiger partial charge in [-0.15, -0.1) is 0 Å². The van der Waals surface area contributed by atoms with Crippen LogP contribution in [0.15, 0.2) is 35.9 Å². The first kappa shape index (κ1) is 41.4. The van der Waals surface area contributed by atoms with Crippen molar-refractivity contribution >= 4 is 29.3 Å². The van der Waals surface area contributed by atoms with Crippen molar-refractivity contribution in [3.8, 4) is 5.75 Å². The molecule has 2 amide bonds. The lowest BCUT2D eigenvalue weighted by Crippen LogP contribution is -2.66. The zero-order chi connectivity index (χ0) is 40.0. The number of rotatable bonds is 12. The van der Waals surface area contributed by atoms with E-state index >= 15 is 0 Å². The van der Waals surface area contributed by atoms with Crippen LogP contribution < -0.4 is 15.5 Å². The van der Waals surface area contributed by atoms with Gasteiger partial charge in [-0.25, -0.2) is 5.48 Å². The van der Waals surface area contributed by atoms with Gasteiger partial charge in [-0.2, -0.15) is 0 Å². The fraction of sp³-hybridized carbons (Fsp3) is 0.733. The van der Waals surface area contributed by atoms with Crippen molar-refractivity contribution in [1.82, 2.24) is 5.48 Å². The Hall–Kier alpha value is -3.24. The van der Waals surface area contributed by atoms with Crippen molar-refractivity contribution in [2.45, 2.75) is 144 Å². The van der Waals surface area contributed by atoms with Crippen LogP contribution in [-0.2, 0) is 23.9 Å². The molecule has 9 atom stereocenters. The molecule has 4 fully saturated rings. The zero-order valence-corrected chi connectivity index (χ0v) is 34.4. The molecule has 0 heterocycles. The maximum Gasteiger partial charge on any atom is 0.311 e. The number of nitrogens with one attached hydrogen (secondary N) is 2. The highest BCUT2D eigenvalue weighted by molar-refractivity contribution is 5.96. The molecule has 0 unspecified atom stereocenters. The Labute approximate surface area is 327 Å². The number of aliphatic hydroxyl groups excluding tert-OH is 1. The number of hydrogen-bond donors (Lipinski definition) is 4. The highest BCUT2D eigenvalue weighted by Gasteiger charge is 2.70. The molecule has 55 heavy (non-hydrogen) atoms. The quantitative estimate of drug-likeness (QED) is 0.0718. The summed E-state index contributed by atoms with van der Waals surface area (Å²) in [5.41, 5.74) is 2.19. The molecule has 0 radical (unpaired) electrons. The van der Waals surface area contributed by atoms with Crippen molar-refractivity contribution in [2.24, 2.45) is 50.2 Å². The van der Waals surface area contributed by atoms with E-state index in [1.807, 2.05) is 13.0 Å². The summed E-state index contributed by atoms with van der Waals surface area (Å²) in [5.74, 6) is 0.479. The first-order chi connectivity index (χ1) is 25.8. The van der Waals surface area contributed by atoms with Gasteiger partial charge < -0.3 is 19.9 Å². The summed E-state index contributed by atoms with van der Waals surface area (Å²) in [7, 11) is 0. The molecule has 10 nitrogen and oxygen atoms in total. The third kappa shape index (κ3) is 7.39. The zero-order valence-electron chi connectivity index (χ0n) is 34.4. The predicted octanol–water partition coefficient (Wildman–Crippen LogP) is 8.34. The third-order valence-electron chi connectivity index (χ3n) is 16.2. The van der Waals surface area contributed by atoms with Gasteiger partial charge in [0.1, 0.15) is 19.0 Å². The van der Waals surface area contributed by atoms with E-state index in [2.05, 4.69) is 46.9 Å². The number of amides is 2. The van der Waals surface area contributed by atoms with Crippen LogP contribution in [-0.4, -0.2) is 53.2 Å². The molecule has 0 bridgehead atoms. The molecular weight excluding hydrogens is 697 g/mol. The molecule has 0 aromatic heterocycles. The Morgan fingerprint density at radius 3 is 2.18 bits per heavy atom. The van der Waals surface area contributed by atoms with Crippen LogP contribution >= 0.6 is 0 Å². The van der Waals surface area contributed by atoms with Crippen molar-refractivity contribution in [3.05, 3.63) is 35.9 Å². The monoisotopic (exact) mass is 762 g/mol. The normalized spacial score (nSPS) is 37.5. The van der Waals surface area contributed by atoms with E-state index in [-0.39, 0.29) is 82.3 Å². The number of allylic oxidation sites excluding steroid dienone is 2. The largest absolute Gasteiger partial charge is 0.490 e. The van der Waals surface area contributed by atoms with E-state index in [1.54, 1.807) is 29.7 Å². The lowest BCUT2D eigenvalue weighted by Gasteiger charge is -2.70. The Bertz CT molecular complexity index is 1670. The standard InChI is InChI=1S/C45H66N2O8/c1-40(2)34-17-20-45(7)38(43(34,5)19-18-35(40)49)33(48)27-31-32-28-42(4,22-21-41(32,3)23-24-44(31,45)6)39(52)55-26-25-54-30-15-13-29(14-16-30)46-36(50)11-9-8-10-12-37(51)47-53/h13-16,27,32,34-35,38,49,53H,8-12,17-26,28H2,1-7H3,(H,46,50)(H,47,51)/t32-,34-,35-,38+,41+,42-,43-,44+,45+/m0/s1. The Kier molecular flexibility index (Phi) is 11.5. The molecule has 0 saturated heterocycles. The van der Waals surface area contributed by atoms with Crippen LogP contribution in [0.25, 0.3) is 0 Å². The minimum absolute atomic E-state index is 0.0293. The summed E-state index contributed by atoms with van der Waals surface area (Å²) >= 11 is 0. The fourth-order valence-corrected chi connectivity index (χ4v) is 12.5. The van der Waals surface area contributed by atoms with Gasteiger partial charge in [-0.1, -0.05) is 53.5 Å². The molecule has 10 heteroatoms. The van der Waals surface area contributed by atoms with Crippen molar-refractivity contribution in [2.75, 3.05) is 18.5 Å². The maximum absolute atomic E-state index is 14.6. The van der Waals surface area contributed by atoms with E-state index in [1.165, 1.54) is 5.57 Å². The number of aliphatic hydroxyl groups is 1. The summed E-state index contributed by atoms with van der Waals surface area (Å²) < 4.78 is 11.8. The third-order valence-corrected chi connectivity index (χ3v) is 16.2. The predicted molar refractivity (Wildman–Crippen MR) is 210 cm³/mol. The van der Waals surface area contributed by atoms with Crippen LogP contribution in [0.1, 0.15) is 138 Å². The molecule has 4 N–H and O–H groups in total. The summed E-state index contributed by atoms with van der Waals surface area (Å²) in [6.45, 7) is 16.3. The van der Waals surface area contributed by atoms with E-state index in [0.29, 0.717) is 49.5 Å². The first-order valence-electron chi connectivity index (χ1n) is 20.9. The molecule has 6 rings (SSSR count). The second-order valence-electron chi connectivity index (χ2n) is 19.8. The number of unbranched alkanes of at least 4 members (excludes halogenated alkanes) is 2. The molecule has 0 aliphatic heterocycles. The molecule has 0 spiro atoms. The van der Waals surface area contributed by atoms with Gasteiger partial charge in [0, 0.05) is 24.4 Å². The minimum Gasteiger partial charge on any atom is -0.490 e. The second kappa shape index (κ2) is 15.3. The second-order valence-corrected chi connectivity index (χ2v) is 19.8. The molecule has 1 aromatic carbocycles. The number of carbonyl (C=O) groups excluding carboxylic acids is 4. The number of benzene rings is 1. The smallest absolute Gasteiger partial charge is 0.311 e. The van der Waals surface area contributed by atoms with Gasteiger partial charge in [0.2, 0.25) is 11.8 Å². The number of fused-ring (bicyclic) bond motifs is 7. The van der Waals surface area contributed by atoms with E-state index in [9.17, 15) is 24.3 Å². The van der Waals surface area contributed by atoms with Gasteiger partial charge in [0.15, 0.2) is 5.78 Å². The van der Waals surface area contributed by atoms with Crippen molar-refractivity contribution in [1.29, 1.82) is 0 Å². The number of esters is 1. The van der Waals surface area contributed by atoms with Gasteiger partial charge in [-0.05, 0) is 147 Å². The number of carbonyl (C=O) groups is 4. The Morgan fingerprint density at radius 1 is 0.818 bits per heavy atom. The lowest BCUT2D eigenvalue weighted by molar-refractivity contribution is -0.202. The first-order valence-corrected chi connectivity index (χ1v) is 20.9. The van der Waals surface area contributed by atoms with Crippen LogP contribution in [0.4, 0.5) is 5.69 Å². The maximum atomic E-state index is 14.6. The highest BCUT2D eigenvalue weighted by Crippen LogP contribution is 2.75. The Morgan fingerprint density at radius 2 is 1.49 bits per heavy atom. The van der Waals surface area contributed by atoms with Crippen LogP contribution in [0, 0.1) is 50.2 Å². The van der Waals surface area contributed by atoms with Crippen molar-refractivity contribution < 1.29 is 39.0 Å². The number of ether oxygens (including phenoxy) is 2. The average molecular weight is 763 g/mol. The average Bonchev–Trinajstić information content (AvgIpc) is 3.13.